The number of esters is 1. The maximum absolute atomic E-state index is 13.7. The van der Waals surface area contributed by atoms with Gasteiger partial charge in [0.1, 0.15) is 0 Å². The topological polar surface area (TPSA) is 82.4 Å². The van der Waals surface area contributed by atoms with Crippen molar-refractivity contribution in [3.63, 3.8) is 0 Å². The van der Waals surface area contributed by atoms with Gasteiger partial charge >= 0.3 is 5.97 Å². The van der Waals surface area contributed by atoms with Crippen LogP contribution in [-0.4, -0.2) is 35.4 Å². The van der Waals surface area contributed by atoms with E-state index in [0.717, 1.165) is 17.4 Å². The number of methoxy groups -OCH3 is 1. The van der Waals surface area contributed by atoms with Gasteiger partial charge in [0.25, 0.3) is 5.91 Å². The van der Waals surface area contributed by atoms with Gasteiger partial charge in [0.15, 0.2) is 18.2 Å². The van der Waals surface area contributed by atoms with Crippen LogP contribution in [0.5, 0.6) is 5.75 Å². The second-order valence-corrected chi connectivity index (χ2v) is 6.27. The molecular formula is C21H20FN3O4. The van der Waals surface area contributed by atoms with Crippen molar-refractivity contribution >= 4 is 17.6 Å². The minimum Gasteiger partial charge on any atom is -0.494 e. The Hall–Kier alpha value is -3.68. The second kappa shape index (κ2) is 8.55. The van der Waals surface area contributed by atoms with Crippen LogP contribution < -0.4 is 10.1 Å². The fraction of sp³-hybridized carbons (Fsp3) is 0.190. The smallest absolute Gasteiger partial charge is 0.338 e. The molecule has 8 heteroatoms. The molecule has 0 aliphatic heterocycles. The molecule has 0 atom stereocenters. The molecule has 1 N–H and O–H groups in total. The molecule has 3 rings (SSSR count). The standard InChI is InChI=1S/C21H20FN3O4/c1-13-20(14(2)25(24-13)16-7-5-4-6-8-16)23-19(26)12-29-21(27)15-9-10-18(28-3)17(22)11-15/h4-11H,12H2,1-3H3,(H,23,26). The largest absolute Gasteiger partial charge is 0.494 e. The highest BCUT2D eigenvalue weighted by molar-refractivity contribution is 5.96. The molecule has 0 fully saturated rings. The summed E-state index contributed by atoms with van der Waals surface area (Å²) in [6, 6.07) is 13.2. The van der Waals surface area contributed by atoms with E-state index in [0.29, 0.717) is 11.4 Å². The number of anilines is 1. The maximum Gasteiger partial charge on any atom is 0.338 e. The van der Waals surface area contributed by atoms with Crippen molar-refractivity contribution < 1.29 is 23.5 Å². The van der Waals surface area contributed by atoms with Gasteiger partial charge in [-0.25, -0.2) is 13.9 Å². The highest BCUT2D eigenvalue weighted by Crippen LogP contribution is 2.23. The van der Waals surface area contributed by atoms with E-state index in [-0.39, 0.29) is 11.3 Å². The number of carbonyl (C=O) groups is 2. The van der Waals surface area contributed by atoms with Crippen LogP contribution in [0, 0.1) is 19.7 Å². The quantitative estimate of drug-likeness (QED) is 0.645. The van der Waals surface area contributed by atoms with Crippen molar-refractivity contribution in [1.29, 1.82) is 0 Å². The van der Waals surface area contributed by atoms with Gasteiger partial charge in [0.05, 0.1) is 35.4 Å². The third kappa shape index (κ3) is 4.43. The number of nitrogens with zero attached hydrogens (tertiary/aromatic N) is 2. The number of rotatable bonds is 6. The Morgan fingerprint density at radius 1 is 1.14 bits per heavy atom. The Kier molecular flexibility index (Phi) is 5.92. The summed E-state index contributed by atoms with van der Waals surface area (Å²) in [7, 11) is 1.32. The third-order valence-corrected chi connectivity index (χ3v) is 4.28. The van der Waals surface area contributed by atoms with Crippen LogP contribution in [0.4, 0.5) is 10.1 Å². The summed E-state index contributed by atoms with van der Waals surface area (Å²) in [4.78, 5) is 24.3. The first kappa shape index (κ1) is 20.1. The summed E-state index contributed by atoms with van der Waals surface area (Å²) in [6.45, 7) is 3.09. The van der Waals surface area contributed by atoms with E-state index in [1.807, 2.05) is 37.3 Å². The molecule has 7 nitrogen and oxygen atoms in total. The van der Waals surface area contributed by atoms with Crippen LogP contribution in [0.15, 0.2) is 48.5 Å². The molecule has 0 saturated heterocycles. The molecule has 3 aromatic rings. The number of para-hydroxylation sites is 1. The number of nitrogens with one attached hydrogen (secondary N) is 1. The lowest BCUT2D eigenvalue weighted by molar-refractivity contribution is -0.119. The van der Waals surface area contributed by atoms with Gasteiger partial charge in [-0.3, -0.25) is 4.79 Å². The Labute approximate surface area is 167 Å². The number of halogens is 1. The summed E-state index contributed by atoms with van der Waals surface area (Å²) >= 11 is 0. The third-order valence-electron chi connectivity index (χ3n) is 4.28. The highest BCUT2D eigenvalue weighted by Gasteiger charge is 2.17. The molecule has 1 aromatic heterocycles. The van der Waals surface area contributed by atoms with Crippen LogP contribution in [0.2, 0.25) is 0 Å². The van der Waals surface area contributed by atoms with Crippen molar-refractivity contribution in [1.82, 2.24) is 9.78 Å². The van der Waals surface area contributed by atoms with Gasteiger partial charge in [-0.1, -0.05) is 18.2 Å². The molecule has 0 unspecified atom stereocenters. The summed E-state index contributed by atoms with van der Waals surface area (Å²) in [5.41, 5.74) is 2.76. The summed E-state index contributed by atoms with van der Waals surface area (Å²) in [5, 5.41) is 7.15. The molecule has 1 amide bonds. The number of amides is 1. The molecule has 0 radical (unpaired) electrons. The Bertz CT molecular complexity index is 1050. The van der Waals surface area contributed by atoms with E-state index in [1.165, 1.54) is 19.2 Å². The zero-order valence-corrected chi connectivity index (χ0v) is 16.2. The van der Waals surface area contributed by atoms with Crippen LogP contribution in [-0.2, 0) is 9.53 Å². The fourth-order valence-corrected chi connectivity index (χ4v) is 2.83. The SMILES string of the molecule is COc1ccc(C(=O)OCC(=O)Nc2c(C)nn(-c3ccccc3)c2C)cc1F. The summed E-state index contributed by atoms with van der Waals surface area (Å²) in [5.74, 6) is -2.01. The number of aromatic nitrogens is 2. The molecule has 150 valence electrons. The maximum atomic E-state index is 13.7. The zero-order chi connectivity index (χ0) is 21.0. The molecule has 0 spiro atoms. The number of hydrogen-bond acceptors (Lipinski definition) is 5. The van der Waals surface area contributed by atoms with Crippen LogP contribution in [0.1, 0.15) is 21.7 Å². The van der Waals surface area contributed by atoms with Crippen LogP contribution in [0.3, 0.4) is 0 Å². The summed E-state index contributed by atoms with van der Waals surface area (Å²) in [6.07, 6.45) is 0. The highest BCUT2D eigenvalue weighted by atomic mass is 19.1. The Morgan fingerprint density at radius 3 is 2.52 bits per heavy atom. The number of hydrogen-bond donors (Lipinski definition) is 1. The number of carbonyl (C=O) groups excluding carboxylic acids is 2. The van der Waals surface area contributed by atoms with Gasteiger partial charge in [-0.15, -0.1) is 0 Å². The first-order valence-electron chi connectivity index (χ1n) is 8.83. The van der Waals surface area contributed by atoms with E-state index in [1.54, 1.807) is 11.6 Å². The Morgan fingerprint density at radius 2 is 1.86 bits per heavy atom. The Balaban J connectivity index is 1.65. The van der Waals surface area contributed by atoms with E-state index >= 15 is 0 Å². The summed E-state index contributed by atoms with van der Waals surface area (Å²) < 4.78 is 25.2. The molecule has 0 aliphatic carbocycles. The van der Waals surface area contributed by atoms with E-state index in [9.17, 15) is 14.0 Å². The van der Waals surface area contributed by atoms with E-state index in [2.05, 4.69) is 10.4 Å². The van der Waals surface area contributed by atoms with Crippen molar-refractivity contribution in [2.45, 2.75) is 13.8 Å². The molecular weight excluding hydrogens is 377 g/mol. The number of aryl methyl sites for hydroxylation is 1. The molecule has 29 heavy (non-hydrogen) atoms. The van der Waals surface area contributed by atoms with Crippen LogP contribution in [0.25, 0.3) is 5.69 Å². The number of benzene rings is 2. The lowest BCUT2D eigenvalue weighted by Crippen LogP contribution is -2.21. The minimum absolute atomic E-state index is 0.0136. The van der Waals surface area contributed by atoms with Gasteiger partial charge in [0, 0.05) is 0 Å². The fourth-order valence-electron chi connectivity index (χ4n) is 2.83. The first-order chi connectivity index (χ1) is 13.9. The second-order valence-electron chi connectivity index (χ2n) is 6.27. The first-order valence-corrected chi connectivity index (χ1v) is 8.83. The van der Waals surface area contributed by atoms with Crippen molar-refractivity contribution in [2.75, 3.05) is 19.0 Å². The normalized spacial score (nSPS) is 10.5. The molecule has 0 aliphatic rings. The van der Waals surface area contributed by atoms with Gasteiger partial charge in [0.2, 0.25) is 0 Å². The van der Waals surface area contributed by atoms with Crippen molar-refractivity contribution in [3.05, 3.63) is 71.3 Å². The zero-order valence-electron chi connectivity index (χ0n) is 16.2. The van der Waals surface area contributed by atoms with E-state index < -0.39 is 24.3 Å². The van der Waals surface area contributed by atoms with Gasteiger partial charge < -0.3 is 14.8 Å². The van der Waals surface area contributed by atoms with Gasteiger partial charge in [-0.2, -0.15) is 5.10 Å². The average molecular weight is 397 g/mol. The predicted molar refractivity (Wildman–Crippen MR) is 105 cm³/mol. The lowest BCUT2D eigenvalue weighted by atomic mass is 10.2. The number of ether oxygens (including phenoxy) is 2. The van der Waals surface area contributed by atoms with Crippen molar-refractivity contribution in [2.24, 2.45) is 0 Å². The van der Waals surface area contributed by atoms with Gasteiger partial charge in [-0.05, 0) is 44.2 Å². The predicted octanol–water partition coefficient (Wildman–Crippen LogP) is 3.43. The molecule has 0 bridgehead atoms. The van der Waals surface area contributed by atoms with Crippen LogP contribution >= 0.6 is 0 Å². The lowest BCUT2D eigenvalue weighted by Gasteiger charge is -2.08. The molecule has 2 aromatic carbocycles. The minimum atomic E-state index is -0.810. The monoisotopic (exact) mass is 397 g/mol. The molecule has 1 heterocycles. The average Bonchev–Trinajstić information content (AvgIpc) is 3.00. The molecule has 0 saturated carbocycles. The van der Waals surface area contributed by atoms with Crippen molar-refractivity contribution in [3.8, 4) is 11.4 Å². The van der Waals surface area contributed by atoms with E-state index in [4.69, 9.17) is 9.47 Å².